The number of hydrogen-bond donors (Lipinski definition) is 0. The van der Waals surface area contributed by atoms with E-state index in [1.807, 2.05) is 43.5 Å². The number of allylic oxidation sites excluding steroid dienone is 1. The minimum absolute atomic E-state index is 0.589. The number of fused-ring (bicyclic) bond motifs is 2. The van der Waals surface area contributed by atoms with Gasteiger partial charge in [-0.15, -0.1) is 0 Å². The third kappa shape index (κ3) is 2.81. The fourth-order valence-corrected chi connectivity index (χ4v) is 3.37. The number of aromatic nitrogens is 2. The average molecular weight is 394 g/mol. The summed E-state index contributed by atoms with van der Waals surface area (Å²) in [6.45, 7) is 6.76. The highest BCUT2D eigenvalue weighted by atomic mass is 79.9. The first kappa shape index (κ1) is 15.8. The predicted octanol–water partition coefficient (Wildman–Crippen LogP) is 3.30. The molecule has 3 aromatic rings. The van der Waals surface area contributed by atoms with Crippen LogP contribution in [-0.2, 0) is 0 Å². The van der Waals surface area contributed by atoms with Gasteiger partial charge in [0.2, 0.25) is 5.88 Å². The van der Waals surface area contributed by atoms with Crippen LogP contribution in [-0.4, -0.2) is 16.6 Å². The summed E-state index contributed by atoms with van der Waals surface area (Å²) in [6, 6.07) is 14.1. The molecule has 0 bridgehead atoms. The van der Waals surface area contributed by atoms with Crippen molar-refractivity contribution >= 4 is 43.2 Å². The van der Waals surface area contributed by atoms with Crippen molar-refractivity contribution < 1.29 is 4.74 Å². The van der Waals surface area contributed by atoms with Crippen LogP contribution in [0.2, 0.25) is 0 Å². The van der Waals surface area contributed by atoms with Gasteiger partial charge in [-0.05, 0) is 53.2 Å². The summed E-state index contributed by atoms with van der Waals surface area (Å²) in [4.78, 5) is 11.0. The molecule has 4 rings (SSSR count). The van der Waals surface area contributed by atoms with E-state index in [2.05, 4.69) is 49.5 Å². The maximum Gasteiger partial charge on any atom is 0.213 e. The van der Waals surface area contributed by atoms with Crippen molar-refractivity contribution in [3.05, 3.63) is 71.5 Å². The molecule has 0 spiro atoms. The van der Waals surface area contributed by atoms with Crippen molar-refractivity contribution in [2.45, 2.75) is 6.92 Å². The number of nitrogens with zero attached hydrogens (tertiary/aromatic N) is 3. The second-order valence-electron chi connectivity index (χ2n) is 5.66. The number of hydrogen-bond acceptors (Lipinski definition) is 4. The van der Waals surface area contributed by atoms with Crippen molar-refractivity contribution in [2.24, 2.45) is 0 Å². The van der Waals surface area contributed by atoms with Crippen LogP contribution in [0.4, 0.5) is 5.69 Å². The Balaban J connectivity index is 1.85. The van der Waals surface area contributed by atoms with Crippen LogP contribution in [0, 0.1) is 0 Å². The van der Waals surface area contributed by atoms with Gasteiger partial charge < -0.3 is 9.64 Å². The predicted molar refractivity (Wildman–Crippen MR) is 105 cm³/mol. The van der Waals surface area contributed by atoms with Gasteiger partial charge in [0.1, 0.15) is 0 Å². The quantitative estimate of drug-likeness (QED) is 0.684. The highest BCUT2D eigenvalue weighted by molar-refractivity contribution is 9.15. The molecule has 1 aliphatic heterocycles. The van der Waals surface area contributed by atoms with Gasteiger partial charge in [0, 0.05) is 34.8 Å². The monoisotopic (exact) mass is 393 g/mol. The molecule has 25 heavy (non-hydrogen) atoms. The van der Waals surface area contributed by atoms with Crippen LogP contribution < -0.4 is 20.2 Å². The molecule has 0 saturated carbocycles. The highest BCUT2D eigenvalue weighted by Crippen LogP contribution is 2.29. The minimum Gasteiger partial charge on any atom is -0.478 e. The van der Waals surface area contributed by atoms with Crippen molar-refractivity contribution in [1.29, 1.82) is 0 Å². The molecule has 0 atom stereocenters. The smallest absolute Gasteiger partial charge is 0.213 e. The summed E-state index contributed by atoms with van der Waals surface area (Å²) in [5.74, 6) is 0.615. The molecule has 0 N–H and O–H groups in total. The van der Waals surface area contributed by atoms with Gasteiger partial charge in [-0.1, -0.05) is 12.6 Å². The molecular formula is C20H16BrN3O. The van der Waals surface area contributed by atoms with Crippen LogP contribution >= 0.6 is 15.9 Å². The van der Waals surface area contributed by atoms with E-state index in [0.29, 0.717) is 12.5 Å². The maximum atomic E-state index is 5.51. The Bertz CT molecular complexity index is 1110. The Morgan fingerprint density at radius 2 is 2.08 bits per heavy atom. The van der Waals surface area contributed by atoms with Crippen molar-refractivity contribution in [3.63, 3.8) is 0 Å². The van der Waals surface area contributed by atoms with E-state index >= 15 is 0 Å². The SMILES string of the molecule is C=C1C(Br)=c2nc(OCC)ccc2=CN1c1ccc2ncccc2c1. The first-order valence-electron chi connectivity index (χ1n) is 8.02. The van der Waals surface area contributed by atoms with E-state index in [1.165, 1.54) is 0 Å². The number of anilines is 1. The van der Waals surface area contributed by atoms with Gasteiger partial charge in [-0.25, -0.2) is 4.98 Å². The Morgan fingerprint density at radius 1 is 1.20 bits per heavy atom. The molecule has 0 radical (unpaired) electrons. The van der Waals surface area contributed by atoms with Gasteiger partial charge in [-0.2, -0.15) is 0 Å². The minimum atomic E-state index is 0.589. The maximum absolute atomic E-state index is 5.51. The second kappa shape index (κ2) is 6.33. The summed E-state index contributed by atoms with van der Waals surface area (Å²) in [5, 5.41) is 2.94. The topological polar surface area (TPSA) is 38.2 Å². The molecule has 4 nitrogen and oxygen atoms in total. The number of ether oxygens (including phenoxy) is 1. The number of benzene rings is 1. The number of halogens is 1. The molecule has 0 fully saturated rings. The first-order chi connectivity index (χ1) is 12.2. The molecule has 0 saturated heterocycles. The third-order valence-electron chi connectivity index (χ3n) is 4.08. The fourth-order valence-electron chi connectivity index (χ4n) is 2.86. The Morgan fingerprint density at radius 3 is 2.92 bits per heavy atom. The van der Waals surface area contributed by atoms with Crippen LogP contribution in [0.3, 0.4) is 0 Å². The zero-order valence-electron chi connectivity index (χ0n) is 13.7. The molecular weight excluding hydrogens is 378 g/mol. The van der Waals surface area contributed by atoms with E-state index < -0.39 is 0 Å². The lowest BCUT2D eigenvalue weighted by atomic mass is 10.1. The molecule has 3 heterocycles. The van der Waals surface area contributed by atoms with Gasteiger partial charge >= 0.3 is 0 Å². The lowest BCUT2D eigenvalue weighted by molar-refractivity contribution is 0.326. The van der Waals surface area contributed by atoms with Crippen LogP contribution in [0.5, 0.6) is 5.88 Å². The average Bonchev–Trinajstić information content (AvgIpc) is 2.65. The molecule has 2 aromatic heterocycles. The summed E-state index contributed by atoms with van der Waals surface area (Å²) in [6.07, 6.45) is 3.85. The molecule has 1 aromatic carbocycles. The number of pyridine rings is 2. The van der Waals surface area contributed by atoms with E-state index in [0.717, 1.165) is 37.3 Å². The van der Waals surface area contributed by atoms with Crippen molar-refractivity contribution in [2.75, 3.05) is 11.5 Å². The van der Waals surface area contributed by atoms with Crippen molar-refractivity contribution in [1.82, 2.24) is 9.97 Å². The zero-order chi connectivity index (χ0) is 17.4. The lowest BCUT2D eigenvalue weighted by Crippen LogP contribution is -2.38. The largest absolute Gasteiger partial charge is 0.478 e. The summed E-state index contributed by atoms with van der Waals surface area (Å²) >= 11 is 3.65. The number of rotatable bonds is 3. The van der Waals surface area contributed by atoms with Gasteiger partial charge in [0.15, 0.2) is 0 Å². The molecule has 124 valence electrons. The molecule has 0 aliphatic carbocycles. The molecule has 0 unspecified atom stereocenters. The van der Waals surface area contributed by atoms with Crippen LogP contribution in [0.15, 0.2) is 60.9 Å². The highest BCUT2D eigenvalue weighted by Gasteiger charge is 2.17. The van der Waals surface area contributed by atoms with E-state index in [1.54, 1.807) is 6.20 Å². The normalized spacial score (nSPS) is 13.6. The molecule has 5 heteroatoms. The lowest BCUT2D eigenvalue weighted by Gasteiger charge is -2.26. The van der Waals surface area contributed by atoms with E-state index in [-0.39, 0.29) is 0 Å². The first-order valence-corrected chi connectivity index (χ1v) is 8.81. The van der Waals surface area contributed by atoms with Gasteiger partial charge in [0.25, 0.3) is 0 Å². The second-order valence-corrected chi connectivity index (χ2v) is 6.45. The van der Waals surface area contributed by atoms with E-state index in [9.17, 15) is 0 Å². The van der Waals surface area contributed by atoms with Crippen molar-refractivity contribution in [3.8, 4) is 5.88 Å². The third-order valence-corrected chi connectivity index (χ3v) is 4.91. The summed E-state index contributed by atoms with van der Waals surface area (Å²) < 4.78 is 6.36. The van der Waals surface area contributed by atoms with Gasteiger partial charge in [0.05, 0.1) is 27.7 Å². The standard InChI is InChI=1S/C20H16BrN3O/c1-3-25-18-9-6-15-12-24(13(2)19(21)20(15)23-18)16-7-8-17-14(11-16)5-4-10-22-17/h4-12H,2-3H2,1H3. The van der Waals surface area contributed by atoms with Gasteiger partial charge in [-0.3, -0.25) is 4.98 Å². The summed E-state index contributed by atoms with van der Waals surface area (Å²) in [7, 11) is 0. The van der Waals surface area contributed by atoms with Crippen LogP contribution in [0.25, 0.3) is 21.6 Å². The Labute approximate surface area is 153 Å². The molecule has 1 aliphatic rings. The fraction of sp³-hybridized carbons (Fsp3) is 0.100. The zero-order valence-corrected chi connectivity index (χ0v) is 15.3. The molecule has 0 amide bonds. The van der Waals surface area contributed by atoms with E-state index in [4.69, 9.17) is 4.74 Å². The Kier molecular flexibility index (Phi) is 4.01. The Hall–Kier alpha value is -2.66. The van der Waals surface area contributed by atoms with Crippen LogP contribution in [0.1, 0.15) is 6.92 Å². The summed E-state index contributed by atoms with van der Waals surface area (Å²) in [5.41, 5.74) is 2.83.